The van der Waals surface area contributed by atoms with Crippen LogP contribution in [0.25, 0.3) is 22.2 Å². The molecule has 0 aliphatic carbocycles. The Balaban J connectivity index is 1.38. The molecule has 146 valence electrons. The number of hydrogen-bond acceptors (Lipinski definition) is 5. The van der Waals surface area contributed by atoms with Gasteiger partial charge in [-0.1, -0.05) is 47.6 Å². The van der Waals surface area contributed by atoms with Crippen molar-refractivity contribution in [3.8, 4) is 11.3 Å². The molecule has 0 saturated heterocycles. The first kappa shape index (κ1) is 18.7. The molecule has 29 heavy (non-hydrogen) atoms. The highest BCUT2D eigenvalue weighted by molar-refractivity contribution is 5.93. The molecular weight excluding hydrogens is 368 g/mol. The Labute approximate surface area is 167 Å². The predicted octanol–water partition coefficient (Wildman–Crippen LogP) is 4.15. The first-order valence-electron chi connectivity index (χ1n) is 9.41. The normalized spacial score (nSPS) is 10.9. The van der Waals surface area contributed by atoms with Gasteiger partial charge in [0.05, 0.1) is 5.39 Å². The fourth-order valence-corrected chi connectivity index (χ4v) is 3.17. The van der Waals surface area contributed by atoms with Gasteiger partial charge in [0, 0.05) is 37.7 Å². The van der Waals surface area contributed by atoms with Gasteiger partial charge in [-0.2, -0.15) is 0 Å². The third kappa shape index (κ3) is 4.11. The van der Waals surface area contributed by atoms with Gasteiger partial charge in [0.15, 0.2) is 11.2 Å². The fraction of sp³-hybridized carbons (Fsp3) is 0.174. The van der Waals surface area contributed by atoms with E-state index in [0.717, 1.165) is 17.0 Å². The maximum atomic E-state index is 12.6. The van der Waals surface area contributed by atoms with E-state index in [9.17, 15) is 9.59 Å². The Bertz CT molecular complexity index is 1190. The van der Waals surface area contributed by atoms with Crippen LogP contribution in [0.1, 0.15) is 22.7 Å². The molecule has 1 amide bonds. The third-order valence-electron chi connectivity index (χ3n) is 4.74. The number of benzene rings is 2. The van der Waals surface area contributed by atoms with Crippen molar-refractivity contribution in [3.05, 3.63) is 88.5 Å². The van der Waals surface area contributed by atoms with Crippen LogP contribution in [-0.2, 0) is 6.42 Å². The maximum Gasteiger partial charge on any atom is 0.289 e. The zero-order valence-corrected chi connectivity index (χ0v) is 16.0. The van der Waals surface area contributed by atoms with Crippen molar-refractivity contribution in [3.63, 3.8) is 0 Å². The molecule has 0 aliphatic heterocycles. The second-order valence-corrected chi connectivity index (χ2v) is 6.85. The molecule has 0 fully saturated rings. The van der Waals surface area contributed by atoms with Gasteiger partial charge in [-0.3, -0.25) is 9.59 Å². The van der Waals surface area contributed by atoms with E-state index in [4.69, 9.17) is 8.94 Å². The predicted molar refractivity (Wildman–Crippen MR) is 110 cm³/mol. The number of amides is 1. The third-order valence-corrected chi connectivity index (χ3v) is 4.74. The van der Waals surface area contributed by atoms with Crippen LogP contribution in [-0.4, -0.2) is 29.6 Å². The minimum Gasteiger partial charge on any atom is -0.451 e. The highest BCUT2D eigenvalue weighted by Crippen LogP contribution is 2.19. The molecule has 0 atom stereocenters. The van der Waals surface area contributed by atoms with Crippen LogP contribution in [0.15, 0.2) is 80.5 Å². The molecule has 6 nitrogen and oxygen atoms in total. The molecular formula is C23H20N2O4. The standard InChI is InChI=1S/C23H20N2O4/c1-25(23(27)22-15-20(26)18-11-5-6-12-21(18)28-22)13-7-10-17-14-19(24-29-17)16-8-3-2-4-9-16/h2-6,8-9,11-12,14-15H,7,10,13H2,1H3. The van der Waals surface area contributed by atoms with Gasteiger partial charge in [0.2, 0.25) is 0 Å². The number of fused-ring (bicyclic) bond motifs is 1. The monoisotopic (exact) mass is 388 g/mol. The van der Waals surface area contributed by atoms with Crippen LogP contribution in [0, 0.1) is 0 Å². The molecule has 0 spiro atoms. The van der Waals surface area contributed by atoms with E-state index in [1.807, 2.05) is 36.4 Å². The van der Waals surface area contributed by atoms with Gasteiger partial charge in [-0.05, 0) is 18.6 Å². The highest BCUT2D eigenvalue weighted by Gasteiger charge is 2.17. The first-order valence-corrected chi connectivity index (χ1v) is 9.41. The average molecular weight is 388 g/mol. The van der Waals surface area contributed by atoms with Crippen molar-refractivity contribution in [2.75, 3.05) is 13.6 Å². The SMILES string of the molecule is CN(CCCc1cc(-c2ccccc2)no1)C(=O)c1cc(=O)c2ccccc2o1. The number of hydrogen-bond donors (Lipinski definition) is 0. The molecule has 0 bridgehead atoms. The zero-order valence-electron chi connectivity index (χ0n) is 16.0. The minimum atomic E-state index is -0.324. The van der Waals surface area contributed by atoms with Gasteiger partial charge in [0.25, 0.3) is 5.91 Å². The van der Waals surface area contributed by atoms with Crippen molar-refractivity contribution in [2.45, 2.75) is 12.8 Å². The van der Waals surface area contributed by atoms with Crippen LogP contribution in [0.3, 0.4) is 0 Å². The molecule has 0 radical (unpaired) electrons. The van der Waals surface area contributed by atoms with Crippen LogP contribution in [0.5, 0.6) is 0 Å². The van der Waals surface area contributed by atoms with E-state index in [1.165, 1.54) is 6.07 Å². The Morgan fingerprint density at radius 1 is 1.03 bits per heavy atom. The Morgan fingerprint density at radius 3 is 2.62 bits per heavy atom. The van der Waals surface area contributed by atoms with E-state index in [-0.39, 0.29) is 17.1 Å². The molecule has 2 aromatic carbocycles. The zero-order chi connectivity index (χ0) is 20.2. The minimum absolute atomic E-state index is 0.0437. The van der Waals surface area contributed by atoms with E-state index in [0.29, 0.717) is 30.4 Å². The Morgan fingerprint density at radius 2 is 1.79 bits per heavy atom. The molecule has 0 aliphatic rings. The first-order chi connectivity index (χ1) is 14.1. The van der Waals surface area contributed by atoms with E-state index >= 15 is 0 Å². The smallest absolute Gasteiger partial charge is 0.289 e. The summed E-state index contributed by atoms with van der Waals surface area (Å²) in [5.41, 5.74) is 1.98. The van der Waals surface area contributed by atoms with Crippen molar-refractivity contribution in [1.29, 1.82) is 0 Å². The summed E-state index contributed by atoms with van der Waals surface area (Å²) >= 11 is 0. The summed E-state index contributed by atoms with van der Waals surface area (Å²) in [6.45, 7) is 0.497. The fourth-order valence-electron chi connectivity index (χ4n) is 3.17. The van der Waals surface area contributed by atoms with Crippen LogP contribution >= 0.6 is 0 Å². The Hall–Kier alpha value is -3.67. The van der Waals surface area contributed by atoms with Gasteiger partial charge >= 0.3 is 0 Å². The lowest BCUT2D eigenvalue weighted by molar-refractivity contribution is 0.0762. The number of rotatable bonds is 6. The van der Waals surface area contributed by atoms with Crippen LogP contribution < -0.4 is 5.43 Å². The van der Waals surface area contributed by atoms with E-state index in [1.54, 1.807) is 36.2 Å². The summed E-state index contributed by atoms with van der Waals surface area (Å²) < 4.78 is 11.0. The summed E-state index contributed by atoms with van der Waals surface area (Å²) in [4.78, 5) is 26.4. The second kappa shape index (κ2) is 8.14. The second-order valence-electron chi connectivity index (χ2n) is 6.85. The summed E-state index contributed by atoms with van der Waals surface area (Å²) in [5.74, 6) is 0.486. The lowest BCUT2D eigenvalue weighted by Gasteiger charge is -2.16. The Kier molecular flexibility index (Phi) is 5.24. The highest BCUT2D eigenvalue weighted by atomic mass is 16.5. The summed E-state index contributed by atoms with van der Waals surface area (Å²) in [7, 11) is 1.69. The molecule has 0 N–H and O–H groups in total. The van der Waals surface area contributed by atoms with Gasteiger partial charge in [0.1, 0.15) is 17.0 Å². The van der Waals surface area contributed by atoms with Crippen molar-refractivity contribution >= 4 is 16.9 Å². The number of para-hydroxylation sites is 1. The van der Waals surface area contributed by atoms with E-state index in [2.05, 4.69) is 5.16 Å². The molecule has 0 unspecified atom stereocenters. The number of carbonyl (C=O) groups excluding carboxylic acids is 1. The maximum absolute atomic E-state index is 12.6. The average Bonchev–Trinajstić information content (AvgIpc) is 3.22. The number of aryl methyl sites for hydroxylation is 1. The van der Waals surface area contributed by atoms with Gasteiger partial charge in [-0.25, -0.2) is 0 Å². The lowest BCUT2D eigenvalue weighted by atomic mass is 10.1. The van der Waals surface area contributed by atoms with E-state index < -0.39 is 0 Å². The number of nitrogens with zero attached hydrogens (tertiary/aromatic N) is 2. The van der Waals surface area contributed by atoms with Crippen molar-refractivity contribution in [1.82, 2.24) is 10.1 Å². The summed E-state index contributed by atoms with van der Waals surface area (Å²) in [5, 5.41) is 4.56. The number of carbonyl (C=O) groups is 1. The molecule has 2 heterocycles. The molecule has 6 heteroatoms. The largest absolute Gasteiger partial charge is 0.451 e. The molecule has 4 rings (SSSR count). The number of aromatic nitrogens is 1. The molecule has 2 aromatic heterocycles. The van der Waals surface area contributed by atoms with Crippen molar-refractivity contribution < 1.29 is 13.7 Å². The lowest BCUT2D eigenvalue weighted by Crippen LogP contribution is -2.28. The van der Waals surface area contributed by atoms with Crippen LogP contribution in [0.4, 0.5) is 0 Å². The van der Waals surface area contributed by atoms with Crippen LogP contribution in [0.2, 0.25) is 0 Å². The topological polar surface area (TPSA) is 76.6 Å². The summed E-state index contributed by atoms with van der Waals surface area (Å²) in [6, 6.07) is 19.9. The molecule has 4 aromatic rings. The molecule has 0 saturated carbocycles. The van der Waals surface area contributed by atoms with Crippen molar-refractivity contribution in [2.24, 2.45) is 0 Å². The summed E-state index contributed by atoms with van der Waals surface area (Å²) in [6.07, 6.45) is 1.35. The van der Waals surface area contributed by atoms with Gasteiger partial charge in [-0.15, -0.1) is 0 Å². The van der Waals surface area contributed by atoms with Gasteiger partial charge < -0.3 is 13.8 Å². The quantitative estimate of drug-likeness (QED) is 0.496.